The lowest BCUT2D eigenvalue weighted by atomic mass is 10.0. The van der Waals surface area contributed by atoms with Gasteiger partial charge < -0.3 is 16.8 Å². The monoisotopic (exact) mass is 333 g/mol. The summed E-state index contributed by atoms with van der Waals surface area (Å²) in [4.78, 5) is 8.57. The molecule has 3 rings (SSSR count). The number of nitrogen functional groups attached to an aromatic ring is 2. The maximum Gasteiger partial charge on any atom is 0.222 e. The average Bonchev–Trinajstić information content (AvgIpc) is 2.62. The smallest absolute Gasteiger partial charge is 0.222 e. The highest BCUT2D eigenvalue weighted by Crippen LogP contribution is 2.20. The molecule has 5 heteroatoms. The van der Waals surface area contributed by atoms with Crippen LogP contribution in [0.3, 0.4) is 0 Å². The Kier molecular flexibility index (Phi) is 5.46. The molecule has 1 aromatic heterocycles. The van der Waals surface area contributed by atoms with Crippen LogP contribution in [0.1, 0.15) is 23.2 Å². The van der Waals surface area contributed by atoms with Crippen LogP contribution in [0.5, 0.6) is 0 Å². The van der Waals surface area contributed by atoms with E-state index in [1.807, 2.05) is 36.4 Å². The molecule has 5 nitrogen and oxygen atoms in total. The van der Waals surface area contributed by atoms with E-state index in [1.54, 1.807) is 0 Å². The summed E-state index contributed by atoms with van der Waals surface area (Å²) in [6.07, 6.45) is 2.46. The fraction of sp³-hybridized carbons (Fsp3) is 0.200. The fourth-order valence-electron chi connectivity index (χ4n) is 2.83. The van der Waals surface area contributed by atoms with E-state index in [4.69, 9.17) is 11.5 Å². The molecule has 0 amide bonds. The maximum atomic E-state index is 6.12. The number of hydrogen-bond donors (Lipinski definition) is 3. The minimum absolute atomic E-state index is 0.231. The Morgan fingerprint density at radius 3 is 2.24 bits per heavy atom. The van der Waals surface area contributed by atoms with Crippen LogP contribution in [-0.4, -0.2) is 16.5 Å². The lowest BCUT2D eigenvalue weighted by molar-refractivity contribution is 0.836. The van der Waals surface area contributed by atoms with Crippen LogP contribution in [0.15, 0.2) is 60.7 Å². The molecule has 0 saturated heterocycles. The third kappa shape index (κ3) is 4.70. The Labute approximate surface area is 148 Å². The number of aromatic nitrogens is 2. The van der Waals surface area contributed by atoms with Gasteiger partial charge in [0.15, 0.2) is 0 Å². The zero-order valence-corrected chi connectivity index (χ0v) is 14.2. The number of hydrogen-bond acceptors (Lipinski definition) is 5. The molecule has 0 spiro atoms. The van der Waals surface area contributed by atoms with Crippen LogP contribution in [0.4, 0.5) is 17.5 Å². The number of benzene rings is 2. The van der Waals surface area contributed by atoms with Crippen LogP contribution in [-0.2, 0) is 12.8 Å². The largest absolute Gasteiger partial charge is 0.385 e. The molecular formula is C20H23N5. The Bertz CT molecular complexity index is 803. The van der Waals surface area contributed by atoms with Gasteiger partial charge in [0.25, 0.3) is 0 Å². The number of para-hydroxylation sites is 1. The molecular weight excluding hydrogens is 310 g/mol. The van der Waals surface area contributed by atoms with Gasteiger partial charge in [-0.05, 0) is 30.5 Å². The lowest BCUT2D eigenvalue weighted by Crippen LogP contribution is -2.11. The summed E-state index contributed by atoms with van der Waals surface area (Å²) in [6, 6.07) is 20.4. The number of nitrogens with zero attached hydrogens (tertiary/aromatic N) is 2. The summed E-state index contributed by atoms with van der Waals surface area (Å²) in [5, 5.41) is 3.41. The highest BCUT2D eigenvalue weighted by atomic mass is 15.0. The van der Waals surface area contributed by atoms with Gasteiger partial charge >= 0.3 is 0 Å². The van der Waals surface area contributed by atoms with E-state index in [0.29, 0.717) is 12.2 Å². The van der Waals surface area contributed by atoms with Crippen LogP contribution >= 0.6 is 0 Å². The van der Waals surface area contributed by atoms with Gasteiger partial charge in [0.1, 0.15) is 5.82 Å². The third-order valence-corrected chi connectivity index (χ3v) is 4.06. The third-order valence-electron chi connectivity index (χ3n) is 4.06. The highest BCUT2D eigenvalue weighted by Gasteiger charge is 2.12. The molecule has 0 saturated carbocycles. The van der Waals surface area contributed by atoms with Gasteiger partial charge in [-0.3, -0.25) is 0 Å². The van der Waals surface area contributed by atoms with Gasteiger partial charge in [-0.15, -0.1) is 0 Å². The van der Waals surface area contributed by atoms with E-state index >= 15 is 0 Å². The second-order valence-corrected chi connectivity index (χ2v) is 5.95. The average molecular weight is 333 g/mol. The van der Waals surface area contributed by atoms with E-state index < -0.39 is 0 Å². The first-order valence-corrected chi connectivity index (χ1v) is 8.46. The van der Waals surface area contributed by atoms with Gasteiger partial charge in [0.2, 0.25) is 5.95 Å². The van der Waals surface area contributed by atoms with Gasteiger partial charge in [0.05, 0.1) is 5.69 Å². The SMILES string of the molecule is Nc1nc(N)c(CCCNc2ccccc2)c(Cc2ccccc2)n1. The van der Waals surface area contributed by atoms with Gasteiger partial charge in [-0.25, -0.2) is 4.98 Å². The summed E-state index contributed by atoms with van der Waals surface area (Å²) in [6.45, 7) is 0.860. The van der Waals surface area contributed by atoms with E-state index in [9.17, 15) is 0 Å². The van der Waals surface area contributed by atoms with Crippen molar-refractivity contribution in [1.29, 1.82) is 0 Å². The Morgan fingerprint density at radius 2 is 1.52 bits per heavy atom. The molecule has 0 aliphatic carbocycles. The quantitative estimate of drug-likeness (QED) is 0.577. The van der Waals surface area contributed by atoms with Gasteiger partial charge in [-0.2, -0.15) is 4.98 Å². The van der Waals surface area contributed by atoms with Crippen LogP contribution in [0.2, 0.25) is 0 Å². The number of nitrogens with one attached hydrogen (secondary N) is 1. The number of rotatable bonds is 7. The molecule has 0 radical (unpaired) electrons. The van der Waals surface area contributed by atoms with Crippen molar-refractivity contribution in [2.75, 3.05) is 23.3 Å². The lowest BCUT2D eigenvalue weighted by Gasteiger charge is -2.13. The molecule has 128 valence electrons. The molecule has 0 unspecified atom stereocenters. The van der Waals surface area contributed by atoms with Crippen LogP contribution in [0, 0.1) is 0 Å². The van der Waals surface area contributed by atoms with Crippen molar-refractivity contribution in [1.82, 2.24) is 9.97 Å². The predicted molar refractivity (Wildman–Crippen MR) is 103 cm³/mol. The molecule has 25 heavy (non-hydrogen) atoms. The van der Waals surface area contributed by atoms with Gasteiger partial charge in [0, 0.05) is 24.2 Å². The standard InChI is InChI=1S/C20H23N5/c21-19-17(12-7-13-23-16-10-5-2-6-11-16)18(24-20(22)25-19)14-15-8-3-1-4-9-15/h1-6,8-11,23H,7,12-14H2,(H4,21,22,24,25). The normalized spacial score (nSPS) is 10.6. The molecule has 1 heterocycles. The summed E-state index contributed by atoms with van der Waals surface area (Å²) in [5.41, 5.74) is 16.1. The van der Waals surface area contributed by atoms with Crippen molar-refractivity contribution in [2.45, 2.75) is 19.3 Å². The van der Waals surface area contributed by atoms with Crippen molar-refractivity contribution in [3.63, 3.8) is 0 Å². The van der Waals surface area contributed by atoms with Crippen molar-refractivity contribution < 1.29 is 0 Å². The predicted octanol–water partition coefficient (Wildman–Crippen LogP) is 3.28. The molecule has 0 atom stereocenters. The molecule has 0 bridgehead atoms. The van der Waals surface area contributed by atoms with E-state index in [1.165, 1.54) is 5.56 Å². The van der Waals surface area contributed by atoms with Crippen LogP contribution < -0.4 is 16.8 Å². The second-order valence-electron chi connectivity index (χ2n) is 5.95. The molecule has 0 aliphatic heterocycles. The van der Waals surface area contributed by atoms with Crippen LogP contribution in [0.25, 0.3) is 0 Å². The minimum atomic E-state index is 0.231. The topological polar surface area (TPSA) is 89.8 Å². The van der Waals surface area contributed by atoms with E-state index in [0.717, 1.165) is 36.3 Å². The van der Waals surface area contributed by atoms with Gasteiger partial charge in [-0.1, -0.05) is 48.5 Å². The Balaban J connectivity index is 1.67. The first-order valence-electron chi connectivity index (χ1n) is 8.46. The highest BCUT2D eigenvalue weighted by molar-refractivity contribution is 5.47. The zero-order chi connectivity index (χ0) is 17.5. The summed E-state index contributed by atoms with van der Waals surface area (Å²) in [7, 11) is 0. The van der Waals surface area contributed by atoms with Crippen molar-refractivity contribution >= 4 is 17.5 Å². The molecule has 5 N–H and O–H groups in total. The Hall–Kier alpha value is -3.08. The number of nitrogens with two attached hydrogens (primary N) is 2. The molecule has 2 aromatic carbocycles. The summed E-state index contributed by atoms with van der Waals surface area (Å²) in [5.74, 6) is 0.715. The zero-order valence-electron chi connectivity index (χ0n) is 14.2. The molecule has 0 fully saturated rings. The first kappa shape index (κ1) is 16.8. The minimum Gasteiger partial charge on any atom is -0.385 e. The Morgan fingerprint density at radius 1 is 0.840 bits per heavy atom. The summed E-state index contributed by atoms with van der Waals surface area (Å²) < 4.78 is 0. The first-order chi connectivity index (χ1) is 12.2. The number of anilines is 3. The molecule has 0 aliphatic rings. The van der Waals surface area contributed by atoms with Crippen molar-refractivity contribution in [3.05, 3.63) is 77.5 Å². The second kappa shape index (κ2) is 8.15. The van der Waals surface area contributed by atoms with E-state index in [2.05, 4.69) is 39.6 Å². The maximum absolute atomic E-state index is 6.12. The van der Waals surface area contributed by atoms with E-state index in [-0.39, 0.29) is 5.95 Å². The van der Waals surface area contributed by atoms with Crippen molar-refractivity contribution in [2.24, 2.45) is 0 Å². The fourth-order valence-corrected chi connectivity index (χ4v) is 2.83. The summed E-state index contributed by atoms with van der Waals surface area (Å²) >= 11 is 0. The molecule has 3 aromatic rings. The van der Waals surface area contributed by atoms with Crippen molar-refractivity contribution in [3.8, 4) is 0 Å².